The highest BCUT2D eigenvalue weighted by atomic mass is 35.5. The van der Waals surface area contributed by atoms with Gasteiger partial charge in [-0.1, -0.05) is 18.5 Å². The first-order valence-corrected chi connectivity index (χ1v) is 5.30. The number of rotatable bonds is 4. The van der Waals surface area contributed by atoms with Gasteiger partial charge in [-0.3, -0.25) is 4.68 Å². The lowest BCUT2D eigenvalue weighted by atomic mass is 10.1. The zero-order valence-corrected chi connectivity index (χ0v) is 9.67. The minimum Gasteiger partial charge on any atom is -0.393 e. The Bertz CT molecular complexity index is 309. The van der Waals surface area contributed by atoms with E-state index in [2.05, 4.69) is 5.10 Å². The molecule has 0 aliphatic heterocycles. The van der Waals surface area contributed by atoms with Crippen molar-refractivity contribution < 1.29 is 5.11 Å². The molecule has 1 aromatic rings. The number of nitrogens with zero attached hydrogens (tertiary/aromatic N) is 2. The summed E-state index contributed by atoms with van der Waals surface area (Å²) in [7, 11) is 1.88. The topological polar surface area (TPSA) is 38.1 Å². The Morgan fingerprint density at radius 1 is 1.57 bits per heavy atom. The van der Waals surface area contributed by atoms with Gasteiger partial charge in [0.25, 0.3) is 0 Å². The molecule has 0 saturated heterocycles. The summed E-state index contributed by atoms with van der Waals surface area (Å²) in [6.07, 6.45) is 2.08. The maximum Gasteiger partial charge on any atom is 0.0846 e. The molecule has 80 valence electrons. The Balaban J connectivity index is 2.67. The molecule has 0 radical (unpaired) electrons. The molecule has 0 aromatic carbocycles. The lowest BCUT2D eigenvalue weighted by molar-refractivity contribution is 0.160. The molecule has 1 aromatic heterocycles. The maximum atomic E-state index is 9.44. The van der Waals surface area contributed by atoms with Crippen molar-refractivity contribution >= 4 is 11.6 Å². The number of aliphatic hydroxyl groups is 1. The largest absolute Gasteiger partial charge is 0.393 e. The molecular formula is C10H17ClN2O. The fourth-order valence-corrected chi connectivity index (χ4v) is 1.71. The summed E-state index contributed by atoms with van der Waals surface area (Å²) in [5.41, 5.74) is 1.87. The molecule has 4 heteroatoms. The van der Waals surface area contributed by atoms with E-state index in [-0.39, 0.29) is 6.10 Å². The first-order valence-electron chi connectivity index (χ1n) is 4.92. The van der Waals surface area contributed by atoms with E-state index in [1.165, 1.54) is 0 Å². The van der Waals surface area contributed by atoms with Crippen LogP contribution in [0.2, 0.25) is 5.02 Å². The van der Waals surface area contributed by atoms with Crippen LogP contribution in [0.25, 0.3) is 0 Å². The quantitative estimate of drug-likeness (QED) is 0.837. The summed E-state index contributed by atoms with van der Waals surface area (Å²) in [6, 6.07) is 0. The highest BCUT2D eigenvalue weighted by Gasteiger charge is 2.12. The lowest BCUT2D eigenvalue weighted by Crippen LogP contribution is -2.08. The second kappa shape index (κ2) is 4.80. The van der Waals surface area contributed by atoms with E-state index < -0.39 is 0 Å². The third-order valence-electron chi connectivity index (χ3n) is 2.45. The van der Waals surface area contributed by atoms with E-state index >= 15 is 0 Å². The van der Waals surface area contributed by atoms with Gasteiger partial charge in [0.05, 0.1) is 22.5 Å². The van der Waals surface area contributed by atoms with E-state index in [0.29, 0.717) is 0 Å². The third-order valence-corrected chi connectivity index (χ3v) is 2.94. The smallest absolute Gasteiger partial charge is 0.0846 e. The average molecular weight is 217 g/mol. The molecule has 0 aliphatic rings. The minimum atomic E-state index is -0.235. The van der Waals surface area contributed by atoms with Gasteiger partial charge in [0.15, 0.2) is 0 Å². The number of aryl methyl sites for hydroxylation is 2. The lowest BCUT2D eigenvalue weighted by Gasteiger charge is -2.07. The molecule has 0 saturated carbocycles. The van der Waals surface area contributed by atoms with Crippen molar-refractivity contribution in [3.05, 3.63) is 16.4 Å². The number of hydrogen-bond donors (Lipinski definition) is 1. The second-order valence-electron chi connectivity index (χ2n) is 3.57. The van der Waals surface area contributed by atoms with Crippen LogP contribution in [0, 0.1) is 6.92 Å². The predicted octanol–water partition coefficient (Wildman–Crippen LogP) is 2.09. The second-order valence-corrected chi connectivity index (χ2v) is 3.95. The van der Waals surface area contributed by atoms with Crippen LogP contribution in [0.4, 0.5) is 0 Å². The summed E-state index contributed by atoms with van der Waals surface area (Å²) in [5.74, 6) is 0. The molecule has 1 atom stereocenters. The van der Waals surface area contributed by atoms with Crippen LogP contribution in [0.15, 0.2) is 0 Å². The van der Waals surface area contributed by atoms with Gasteiger partial charge < -0.3 is 5.11 Å². The first kappa shape index (κ1) is 11.5. The standard InChI is InChI=1S/C10H17ClN2O/c1-4-8(14)5-6-9-10(11)7(2)12-13(9)3/h8,14H,4-6H2,1-3H3. The van der Waals surface area contributed by atoms with Gasteiger partial charge >= 0.3 is 0 Å². The van der Waals surface area contributed by atoms with Crippen molar-refractivity contribution in [2.75, 3.05) is 0 Å². The Hall–Kier alpha value is -0.540. The molecule has 0 amide bonds. The van der Waals surface area contributed by atoms with Crippen LogP contribution < -0.4 is 0 Å². The van der Waals surface area contributed by atoms with E-state index in [4.69, 9.17) is 11.6 Å². The van der Waals surface area contributed by atoms with E-state index in [0.717, 1.165) is 35.7 Å². The zero-order chi connectivity index (χ0) is 10.7. The molecule has 0 spiro atoms. The van der Waals surface area contributed by atoms with Crippen molar-refractivity contribution in [2.24, 2.45) is 7.05 Å². The SMILES string of the molecule is CCC(O)CCc1c(Cl)c(C)nn1C. The Labute approximate surface area is 89.7 Å². The van der Waals surface area contributed by atoms with Crippen molar-refractivity contribution in [1.29, 1.82) is 0 Å². The van der Waals surface area contributed by atoms with Gasteiger partial charge in [0.2, 0.25) is 0 Å². The maximum absolute atomic E-state index is 9.44. The van der Waals surface area contributed by atoms with Crippen molar-refractivity contribution in [2.45, 2.75) is 39.2 Å². The Morgan fingerprint density at radius 2 is 2.21 bits per heavy atom. The summed E-state index contributed by atoms with van der Waals surface area (Å²) in [4.78, 5) is 0. The molecule has 1 rings (SSSR count). The van der Waals surface area contributed by atoms with Crippen molar-refractivity contribution in [3.63, 3.8) is 0 Å². The highest BCUT2D eigenvalue weighted by molar-refractivity contribution is 6.31. The van der Waals surface area contributed by atoms with Gasteiger partial charge in [0, 0.05) is 7.05 Å². The van der Waals surface area contributed by atoms with Crippen molar-refractivity contribution in [3.8, 4) is 0 Å². The molecule has 1 heterocycles. The summed E-state index contributed by atoms with van der Waals surface area (Å²) >= 11 is 6.08. The van der Waals surface area contributed by atoms with Gasteiger partial charge in [0.1, 0.15) is 0 Å². The van der Waals surface area contributed by atoms with E-state index in [1.807, 2.05) is 20.9 Å². The monoisotopic (exact) mass is 216 g/mol. The number of hydrogen-bond acceptors (Lipinski definition) is 2. The molecule has 0 fully saturated rings. The molecule has 1 unspecified atom stereocenters. The molecule has 1 N–H and O–H groups in total. The van der Waals surface area contributed by atoms with Crippen LogP contribution >= 0.6 is 11.6 Å². The molecule has 14 heavy (non-hydrogen) atoms. The molecular weight excluding hydrogens is 200 g/mol. The Morgan fingerprint density at radius 3 is 2.64 bits per heavy atom. The van der Waals surface area contributed by atoms with Crippen molar-refractivity contribution in [1.82, 2.24) is 9.78 Å². The number of halogens is 1. The van der Waals surface area contributed by atoms with Gasteiger partial charge in [-0.05, 0) is 26.2 Å². The highest BCUT2D eigenvalue weighted by Crippen LogP contribution is 2.21. The minimum absolute atomic E-state index is 0.235. The summed E-state index contributed by atoms with van der Waals surface area (Å²) in [6.45, 7) is 3.86. The normalized spacial score (nSPS) is 13.2. The fraction of sp³-hybridized carbons (Fsp3) is 0.700. The number of aromatic nitrogens is 2. The first-order chi connectivity index (χ1) is 6.56. The van der Waals surface area contributed by atoms with Gasteiger partial charge in [-0.15, -0.1) is 0 Å². The molecule has 0 aliphatic carbocycles. The molecule has 3 nitrogen and oxygen atoms in total. The van der Waals surface area contributed by atoms with Crippen LogP contribution in [-0.2, 0) is 13.5 Å². The molecule has 0 bridgehead atoms. The summed E-state index contributed by atoms with van der Waals surface area (Å²) in [5, 5.41) is 14.4. The van der Waals surface area contributed by atoms with Crippen LogP contribution in [0.5, 0.6) is 0 Å². The van der Waals surface area contributed by atoms with Gasteiger partial charge in [-0.2, -0.15) is 5.10 Å². The van der Waals surface area contributed by atoms with Crippen LogP contribution in [0.3, 0.4) is 0 Å². The third kappa shape index (κ3) is 2.49. The van der Waals surface area contributed by atoms with Crippen LogP contribution in [0.1, 0.15) is 31.2 Å². The predicted molar refractivity (Wildman–Crippen MR) is 57.6 cm³/mol. The van der Waals surface area contributed by atoms with E-state index in [1.54, 1.807) is 4.68 Å². The fourth-order valence-electron chi connectivity index (χ4n) is 1.46. The van der Waals surface area contributed by atoms with Gasteiger partial charge in [-0.25, -0.2) is 0 Å². The van der Waals surface area contributed by atoms with E-state index in [9.17, 15) is 5.11 Å². The number of aliphatic hydroxyl groups excluding tert-OH is 1. The Kier molecular flexibility index (Phi) is 3.96. The zero-order valence-electron chi connectivity index (χ0n) is 8.92. The summed E-state index contributed by atoms with van der Waals surface area (Å²) < 4.78 is 1.79. The van der Waals surface area contributed by atoms with Crippen LogP contribution in [-0.4, -0.2) is 21.0 Å². The average Bonchev–Trinajstić information content (AvgIpc) is 2.39.